The van der Waals surface area contributed by atoms with Crippen LogP contribution in [0.5, 0.6) is 0 Å². The van der Waals surface area contributed by atoms with Gasteiger partial charge in [-0.2, -0.15) is 0 Å². The van der Waals surface area contributed by atoms with E-state index in [9.17, 15) is 0 Å². The first-order valence-electron chi connectivity index (χ1n) is 10.2. The average Bonchev–Trinajstić information content (AvgIpc) is 2.79. The first-order chi connectivity index (χ1) is 14.7. The molecule has 0 bridgehead atoms. The van der Waals surface area contributed by atoms with Gasteiger partial charge >= 0.3 is 0 Å². The summed E-state index contributed by atoms with van der Waals surface area (Å²) in [6, 6.07) is 39.6. The Hall–Kier alpha value is -3.21. The molecule has 144 valence electrons. The molecule has 0 fully saturated rings. The van der Waals surface area contributed by atoms with Gasteiger partial charge in [-0.15, -0.1) is 9.24 Å². The Kier molecular flexibility index (Phi) is 4.95. The van der Waals surface area contributed by atoms with Crippen molar-refractivity contribution in [1.29, 1.82) is 0 Å². The Balaban J connectivity index is 1.45. The molecule has 0 heterocycles. The van der Waals surface area contributed by atoms with Crippen LogP contribution in [0, 0.1) is 6.92 Å². The largest absolute Gasteiger partial charge is 0.106 e. The van der Waals surface area contributed by atoms with Crippen LogP contribution >= 0.6 is 9.24 Å². The van der Waals surface area contributed by atoms with E-state index < -0.39 is 0 Å². The standard InChI is InChI=1S/C29H23P/c1-20-2-4-21(5-3-20)22-6-8-23(9-7-22)25-10-12-28-19-26(11-13-27(28)18-25)24-14-16-29(30)17-15-24/h2-19H,30H2,1H3. The Morgan fingerprint density at radius 3 is 1.20 bits per heavy atom. The number of aryl methyl sites for hydroxylation is 1. The predicted molar refractivity (Wildman–Crippen MR) is 134 cm³/mol. The monoisotopic (exact) mass is 402 g/mol. The zero-order valence-corrected chi connectivity index (χ0v) is 18.1. The van der Waals surface area contributed by atoms with Gasteiger partial charge in [-0.25, -0.2) is 0 Å². The number of rotatable bonds is 3. The summed E-state index contributed by atoms with van der Waals surface area (Å²) in [5.74, 6) is 0. The van der Waals surface area contributed by atoms with E-state index in [1.54, 1.807) is 0 Å². The number of hydrogen-bond donors (Lipinski definition) is 0. The Morgan fingerprint density at radius 1 is 0.400 bits per heavy atom. The molecule has 0 aromatic heterocycles. The van der Waals surface area contributed by atoms with Gasteiger partial charge in [0, 0.05) is 0 Å². The third-order valence-corrected chi connectivity index (χ3v) is 6.07. The molecule has 5 aromatic carbocycles. The summed E-state index contributed by atoms with van der Waals surface area (Å²) in [5.41, 5.74) is 8.79. The van der Waals surface area contributed by atoms with Gasteiger partial charge in [0.1, 0.15) is 0 Å². The maximum absolute atomic E-state index is 2.74. The van der Waals surface area contributed by atoms with Crippen LogP contribution in [0.1, 0.15) is 5.56 Å². The van der Waals surface area contributed by atoms with Gasteiger partial charge in [0.2, 0.25) is 0 Å². The van der Waals surface area contributed by atoms with Crippen LogP contribution in [0.4, 0.5) is 0 Å². The summed E-state index contributed by atoms with van der Waals surface area (Å²) in [4.78, 5) is 0. The van der Waals surface area contributed by atoms with Gasteiger partial charge in [0.25, 0.3) is 0 Å². The lowest BCUT2D eigenvalue weighted by atomic mass is 9.96. The lowest BCUT2D eigenvalue weighted by Crippen LogP contribution is -1.88. The van der Waals surface area contributed by atoms with Crippen molar-refractivity contribution in [2.24, 2.45) is 0 Å². The van der Waals surface area contributed by atoms with E-state index in [4.69, 9.17) is 0 Å². The lowest BCUT2D eigenvalue weighted by molar-refractivity contribution is 1.47. The molecule has 0 aliphatic rings. The first kappa shape index (κ1) is 18.8. The van der Waals surface area contributed by atoms with Crippen LogP contribution in [-0.4, -0.2) is 0 Å². The van der Waals surface area contributed by atoms with Crippen LogP contribution < -0.4 is 5.30 Å². The van der Waals surface area contributed by atoms with Gasteiger partial charge in [0.15, 0.2) is 0 Å². The van der Waals surface area contributed by atoms with Gasteiger partial charge in [-0.05, 0) is 68.5 Å². The highest BCUT2D eigenvalue weighted by Gasteiger charge is 2.04. The maximum atomic E-state index is 2.74. The normalized spacial score (nSPS) is 11.0. The summed E-state index contributed by atoms with van der Waals surface area (Å²) in [6.45, 7) is 2.12. The fourth-order valence-corrected chi connectivity index (χ4v) is 4.07. The van der Waals surface area contributed by atoms with Gasteiger partial charge in [-0.1, -0.05) is 103 Å². The van der Waals surface area contributed by atoms with Gasteiger partial charge < -0.3 is 0 Å². The van der Waals surface area contributed by atoms with E-state index in [0.29, 0.717) is 0 Å². The van der Waals surface area contributed by atoms with E-state index in [2.05, 4.69) is 125 Å². The van der Waals surface area contributed by atoms with Crippen LogP contribution in [0.2, 0.25) is 0 Å². The summed E-state index contributed by atoms with van der Waals surface area (Å²) >= 11 is 0. The van der Waals surface area contributed by atoms with E-state index in [1.807, 2.05) is 0 Å². The highest BCUT2D eigenvalue weighted by atomic mass is 31.0. The van der Waals surface area contributed by atoms with Crippen molar-refractivity contribution in [1.82, 2.24) is 0 Å². The summed E-state index contributed by atoms with van der Waals surface area (Å²) in [6.07, 6.45) is 0. The number of benzene rings is 5. The molecule has 5 rings (SSSR count). The van der Waals surface area contributed by atoms with Crippen molar-refractivity contribution >= 4 is 25.3 Å². The van der Waals surface area contributed by atoms with Crippen molar-refractivity contribution in [3.8, 4) is 33.4 Å². The smallest absolute Gasteiger partial charge is 0.0177 e. The minimum absolute atomic E-state index is 1.21. The minimum atomic E-state index is 1.21. The Bertz CT molecular complexity index is 1310. The predicted octanol–water partition coefficient (Wildman–Crippen LogP) is 7.65. The van der Waals surface area contributed by atoms with Crippen LogP contribution in [0.25, 0.3) is 44.2 Å². The molecule has 0 saturated carbocycles. The third kappa shape index (κ3) is 3.80. The molecule has 0 nitrogen and oxygen atoms in total. The molecule has 0 amide bonds. The molecule has 0 aliphatic heterocycles. The van der Waals surface area contributed by atoms with Crippen LogP contribution in [0.15, 0.2) is 109 Å². The Labute approximate surface area is 180 Å². The second-order valence-electron chi connectivity index (χ2n) is 7.84. The molecular weight excluding hydrogens is 379 g/mol. The molecule has 1 unspecified atom stereocenters. The zero-order chi connectivity index (χ0) is 20.5. The van der Waals surface area contributed by atoms with Crippen molar-refractivity contribution in [2.75, 3.05) is 0 Å². The van der Waals surface area contributed by atoms with E-state index in [0.717, 1.165) is 0 Å². The molecule has 0 aliphatic carbocycles. The van der Waals surface area contributed by atoms with Crippen molar-refractivity contribution in [3.05, 3.63) is 115 Å². The Morgan fingerprint density at radius 2 is 0.733 bits per heavy atom. The van der Waals surface area contributed by atoms with Gasteiger partial charge in [-0.3, -0.25) is 0 Å². The first-order valence-corrected chi connectivity index (χ1v) is 10.8. The quantitative estimate of drug-likeness (QED) is 0.272. The molecular formula is C29H23P. The average molecular weight is 402 g/mol. The minimum Gasteiger partial charge on any atom is -0.106 e. The molecule has 0 N–H and O–H groups in total. The van der Waals surface area contributed by atoms with Crippen LogP contribution in [-0.2, 0) is 0 Å². The van der Waals surface area contributed by atoms with Crippen molar-refractivity contribution < 1.29 is 0 Å². The molecule has 0 spiro atoms. The highest BCUT2D eigenvalue weighted by Crippen LogP contribution is 2.30. The molecule has 0 saturated heterocycles. The molecule has 1 atom stereocenters. The number of hydrogen-bond acceptors (Lipinski definition) is 0. The van der Waals surface area contributed by atoms with E-state index in [1.165, 1.54) is 55.0 Å². The second kappa shape index (κ2) is 7.90. The SMILES string of the molecule is Cc1ccc(-c2ccc(-c3ccc4cc(-c5ccc(P)cc5)ccc4c3)cc2)cc1. The van der Waals surface area contributed by atoms with Crippen molar-refractivity contribution in [3.63, 3.8) is 0 Å². The zero-order valence-electron chi connectivity index (χ0n) is 17.0. The molecule has 0 radical (unpaired) electrons. The van der Waals surface area contributed by atoms with E-state index in [-0.39, 0.29) is 0 Å². The van der Waals surface area contributed by atoms with Crippen molar-refractivity contribution in [2.45, 2.75) is 6.92 Å². The topological polar surface area (TPSA) is 0 Å². The highest BCUT2D eigenvalue weighted by molar-refractivity contribution is 7.27. The fraction of sp³-hybridized carbons (Fsp3) is 0.0345. The second-order valence-corrected chi connectivity index (χ2v) is 8.51. The fourth-order valence-electron chi connectivity index (χ4n) is 3.88. The number of fused-ring (bicyclic) bond motifs is 1. The lowest BCUT2D eigenvalue weighted by Gasteiger charge is -2.08. The summed E-state index contributed by atoms with van der Waals surface area (Å²) in [7, 11) is 2.74. The molecule has 1 heteroatoms. The molecule has 5 aromatic rings. The maximum Gasteiger partial charge on any atom is -0.0177 e. The molecule has 30 heavy (non-hydrogen) atoms. The summed E-state index contributed by atoms with van der Waals surface area (Å²) in [5, 5.41) is 3.74. The van der Waals surface area contributed by atoms with E-state index >= 15 is 0 Å². The van der Waals surface area contributed by atoms with Crippen LogP contribution in [0.3, 0.4) is 0 Å². The third-order valence-electron chi connectivity index (χ3n) is 5.69. The summed E-state index contributed by atoms with van der Waals surface area (Å²) < 4.78 is 0. The van der Waals surface area contributed by atoms with Gasteiger partial charge in [0.05, 0.1) is 0 Å².